The number of carbonyl (C=O) groups excluding carboxylic acids is 1. The monoisotopic (exact) mass is 330 g/mol. The van der Waals surface area contributed by atoms with Crippen LogP contribution in [0.15, 0.2) is 54.6 Å². The number of nitrogens with one attached hydrogen (secondary N) is 2. The smallest absolute Gasteiger partial charge is 0.267 e. The number of anilines is 1. The Kier molecular flexibility index (Phi) is 4.13. The van der Waals surface area contributed by atoms with E-state index >= 15 is 0 Å². The van der Waals surface area contributed by atoms with Crippen molar-refractivity contribution >= 4 is 50.3 Å². The molecule has 0 saturated carbocycles. The molecule has 1 amide bonds. The van der Waals surface area contributed by atoms with Gasteiger partial charge in [0.1, 0.15) is 5.82 Å². The first-order valence-electron chi connectivity index (χ1n) is 6.49. The molecule has 0 atom stereocenters. The van der Waals surface area contributed by atoms with Crippen molar-refractivity contribution in [1.29, 1.82) is 0 Å². The van der Waals surface area contributed by atoms with Gasteiger partial charge in [0.2, 0.25) is 0 Å². The number of thiophene rings is 1. The molecule has 6 heteroatoms. The van der Waals surface area contributed by atoms with Gasteiger partial charge in [0.25, 0.3) is 5.91 Å². The maximum absolute atomic E-state index is 13.5. The first-order valence-corrected chi connectivity index (χ1v) is 7.71. The molecule has 22 heavy (non-hydrogen) atoms. The van der Waals surface area contributed by atoms with Crippen LogP contribution in [0.25, 0.3) is 10.1 Å². The van der Waals surface area contributed by atoms with Gasteiger partial charge < -0.3 is 5.32 Å². The molecule has 110 valence electrons. The number of para-hydroxylation sites is 1. The van der Waals surface area contributed by atoms with Crippen LogP contribution in [0, 0.1) is 5.82 Å². The fraction of sp³-hybridized carbons (Fsp3) is 0. The minimum Gasteiger partial charge on any atom is -0.330 e. The zero-order valence-electron chi connectivity index (χ0n) is 11.3. The van der Waals surface area contributed by atoms with Crippen molar-refractivity contribution in [3.05, 3.63) is 65.3 Å². The molecule has 0 aliphatic rings. The van der Waals surface area contributed by atoms with Crippen LogP contribution >= 0.6 is 23.6 Å². The molecule has 1 aromatic heterocycles. The summed E-state index contributed by atoms with van der Waals surface area (Å²) >= 11 is 6.43. The van der Waals surface area contributed by atoms with Crippen molar-refractivity contribution in [2.24, 2.45) is 0 Å². The predicted octanol–water partition coefficient (Wildman–Crippen LogP) is 4.17. The summed E-state index contributed by atoms with van der Waals surface area (Å²) < 4.78 is 14.5. The number of hydrogen-bond acceptors (Lipinski definition) is 3. The van der Waals surface area contributed by atoms with Crippen molar-refractivity contribution in [3.63, 3.8) is 0 Å². The van der Waals surface area contributed by atoms with Crippen LogP contribution in [0.2, 0.25) is 0 Å². The minimum absolute atomic E-state index is 0.0626. The Morgan fingerprint density at radius 3 is 2.59 bits per heavy atom. The van der Waals surface area contributed by atoms with E-state index in [4.69, 9.17) is 12.2 Å². The van der Waals surface area contributed by atoms with Crippen LogP contribution < -0.4 is 10.6 Å². The summed E-state index contributed by atoms with van der Waals surface area (Å²) in [6, 6.07) is 15.7. The maximum Gasteiger partial charge on any atom is 0.267 e. The Hall–Kier alpha value is -2.31. The molecule has 0 radical (unpaired) electrons. The average Bonchev–Trinajstić information content (AvgIpc) is 2.93. The highest BCUT2D eigenvalue weighted by Crippen LogP contribution is 2.25. The Morgan fingerprint density at radius 1 is 1.09 bits per heavy atom. The topological polar surface area (TPSA) is 41.1 Å². The first-order chi connectivity index (χ1) is 10.6. The van der Waals surface area contributed by atoms with Gasteiger partial charge >= 0.3 is 0 Å². The van der Waals surface area contributed by atoms with E-state index in [9.17, 15) is 9.18 Å². The van der Waals surface area contributed by atoms with Gasteiger partial charge in [-0.3, -0.25) is 10.1 Å². The van der Waals surface area contributed by atoms with E-state index in [1.54, 1.807) is 24.3 Å². The zero-order chi connectivity index (χ0) is 15.5. The van der Waals surface area contributed by atoms with E-state index in [1.807, 2.05) is 24.3 Å². The Labute approximate surface area is 135 Å². The fourth-order valence-electron chi connectivity index (χ4n) is 1.97. The van der Waals surface area contributed by atoms with Crippen molar-refractivity contribution in [2.45, 2.75) is 0 Å². The molecule has 0 fully saturated rings. The predicted molar refractivity (Wildman–Crippen MR) is 91.9 cm³/mol. The molecule has 0 spiro atoms. The first kappa shape index (κ1) is 14.6. The Morgan fingerprint density at radius 2 is 1.82 bits per heavy atom. The largest absolute Gasteiger partial charge is 0.330 e. The lowest BCUT2D eigenvalue weighted by Crippen LogP contribution is -2.33. The van der Waals surface area contributed by atoms with Crippen molar-refractivity contribution in [2.75, 3.05) is 5.32 Å². The van der Waals surface area contributed by atoms with Gasteiger partial charge in [-0.2, -0.15) is 0 Å². The highest BCUT2D eigenvalue weighted by atomic mass is 32.1. The van der Waals surface area contributed by atoms with E-state index in [0.29, 0.717) is 4.88 Å². The van der Waals surface area contributed by atoms with E-state index in [-0.39, 0.29) is 16.7 Å². The van der Waals surface area contributed by atoms with Gasteiger partial charge in [-0.25, -0.2) is 4.39 Å². The summed E-state index contributed by atoms with van der Waals surface area (Å²) in [5, 5.41) is 6.30. The summed E-state index contributed by atoms with van der Waals surface area (Å²) in [7, 11) is 0. The SMILES string of the molecule is O=C(NC(=S)Nc1ccccc1F)c1cc2ccccc2s1. The van der Waals surface area contributed by atoms with E-state index in [1.165, 1.54) is 17.4 Å². The summed E-state index contributed by atoms with van der Waals surface area (Å²) in [6.07, 6.45) is 0. The van der Waals surface area contributed by atoms with Gasteiger partial charge in [0.15, 0.2) is 5.11 Å². The van der Waals surface area contributed by atoms with E-state index in [2.05, 4.69) is 10.6 Å². The molecule has 0 unspecified atom stereocenters. The lowest BCUT2D eigenvalue weighted by Gasteiger charge is -2.09. The highest BCUT2D eigenvalue weighted by Gasteiger charge is 2.12. The quantitative estimate of drug-likeness (QED) is 0.693. The van der Waals surface area contributed by atoms with Crippen molar-refractivity contribution in [1.82, 2.24) is 5.32 Å². The minimum atomic E-state index is -0.430. The van der Waals surface area contributed by atoms with Gasteiger partial charge in [0, 0.05) is 4.70 Å². The molecule has 2 aromatic carbocycles. The number of rotatable bonds is 2. The normalized spacial score (nSPS) is 10.4. The molecule has 0 aliphatic heterocycles. The molecule has 0 aliphatic carbocycles. The number of amides is 1. The van der Waals surface area contributed by atoms with Crippen LogP contribution in [0.5, 0.6) is 0 Å². The summed E-state index contributed by atoms with van der Waals surface area (Å²) in [6.45, 7) is 0. The number of hydrogen-bond donors (Lipinski definition) is 2. The van der Waals surface area contributed by atoms with Gasteiger partial charge in [-0.15, -0.1) is 11.3 Å². The number of benzene rings is 2. The molecule has 3 rings (SSSR count). The molecular formula is C16H11FN2OS2. The Bertz CT molecular complexity index is 827. The second-order valence-corrected chi connectivity index (χ2v) is 6.03. The lowest BCUT2D eigenvalue weighted by molar-refractivity contribution is 0.0981. The molecule has 2 N–H and O–H groups in total. The van der Waals surface area contributed by atoms with Crippen LogP contribution in [0.4, 0.5) is 10.1 Å². The van der Waals surface area contributed by atoms with Crippen LogP contribution in [-0.4, -0.2) is 11.0 Å². The molecule has 0 saturated heterocycles. The van der Waals surface area contributed by atoms with Gasteiger partial charge in [-0.05, 0) is 41.9 Å². The maximum atomic E-state index is 13.5. The number of fused-ring (bicyclic) bond motifs is 1. The zero-order valence-corrected chi connectivity index (χ0v) is 12.9. The highest BCUT2D eigenvalue weighted by molar-refractivity contribution is 7.80. The molecule has 3 aromatic rings. The van der Waals surface area contributed by atoms with E-state index < -0.39 is 5.82 Å². The van der Waals surface area contributed by atoms with E-state index in [0.717, 1.165) is 10.1 Å². The van der Waals surface area contributed by atoms with Gasteiger partial charge in [-0.1, -0.05) is 30.3 Å². The fourth-order valence-corrected chi connectivity index (χ4v) is 3.14. The molecular weight excluding hydrogens is 319 g/mol. The number of carbonyl (C=O) groups is 1. The summed E-state index contributed by atoms with van der Waals surface area (Å²) in [5.41, 5.74) is 0.226. The van der Waals surface area contributed by atoms with Crippen LogP contribution in [0.3, 0.4) is 0 Å². The van der Waals surface area contributed by atoms with Gasteiger partial charge in [0.05, 0.1) is 10.6 Å². The molecule has 3 nitrogen and oxygen atoms in total. The third-order valence-corrected chi connectivity index (χ3v) is 4.32. The summed E-state index contributed by atoms with van der Waals surface area (Å²) in [4.78, 5) is 12.7. The molecule has 1 heterocycles. The molecule has 0 bridgehead atoms. The summed E-state index contributed by atoms with van der Waals surface area (Å²) in [5.74, 6) is -0.740. The second-order valence-electron chi connectivity index (χ2n) is 4.54. The Balaban J connectivity index is 1.71. The van der Waals surface area contributed by atoms with Crippen LogP contribution in [-0.2, 0) is 0 Å². The standard InChI is InChI=1S/C16H11FN2OS2/c17-11-6-2-3-7-12(11)18-16(21)19-15(20)14-9-10-5-1-4-8-13(10)22-14/h1-9H,(H2,18,19,20,21). The lowest BCUT2D eigenvalue weighted by atomic mass is 10.2. The average molecular weight is 330 g/mol. The third-order valence-electron chi connectivity index (χ3n) is 3.00. The third kappa shape index (κ3) is 3.13. The van der Waals surface area contributed by atoms with Crippen molar-refractivity contribution in [3.8, 4) is 0 Å². The second kappa shape index (κ2) is 6.21. The number of halogens is 1. The number of thiocarbonyl (C=S) groups is 1. The van der Waals surface area contributed by atoms with Crippen molar-refractivity contribution < 1.29 is 9.18 Å². The van der Waals surface area contributed by atoms with Crippen LogP contribution in [0.1, 0.15) is 9.67 Å².